The van der Waals surface area contributed by atoms with Gasteiger partial charge < -0.3 is 14.3 Å². The summed E-state index contributed by atoms with van der Waals surface area (Å²) in [5, 5.41) is 9.46. The van der Waals surface area contributed by atoms with Crippen LogP contribution in [0.2, 0.25) is 0 Å². The second-order valence-corrected chi connectivity index (χ2v) is 8.13. The minimum atomic E-state index is -4.81. The number of benzene rings is 2. The standard InChI is InChI=1S/C19H16F3NO6S/c1-11-15-10-14(5-6-16(15)28-17(11)18(24)25)30(26,27)23-8-7-12-3-2-4-13(9-12)29-19(20,21)22/h2-6,9-10,23H,7-8H2,1H3,(H,24,25). The predicted octanol–water partition coefficient (Wildman–Crippen LogP) is 3.86. The van der Waals surface area contributed by atoms with E-state index in [0.29, 0.717) is 16.5 Å². The van der Waals surface area contributed by atoms with Gasteiger partial charge in [0.15, 0.2) is 0 Å². The van der Waals surface area contributed by atoms with Crippen LogP contribution in [-0.2, 0) is 16.4 Å². The molecule has 30 heavy (non-hydrogen) atoms. The summed E-state index contributed by atoms with van der Waals surface area (Å²) >= 11 is 0. The highest BCUT2D eigenvalue weighted by Crippen LogP contribution is 2.28. The minimum Gasteiger partial charge on any atom is -0.475 e. The highest BCUT2D eigenvalue weighted by molar-refractivity contribution is 7.89. The van der Waals surface area contributed by atoms with Crippen LogP contribution in [0.5, 0.6) is 5.75 Å². The lowest BCUT2D eigenvalue weighted by atomic mass is 10.1. The number of rotatable bonds is 7. The third-order valence-electron chi connectivity index (χ3n) is 4.25. The molecule has 0 spiro atoms. The Kier molecular flexibility index (Phi) is 5.77. The molecular weight excluding hydrogens is 427 g/mol. The molecule has 0 saturated carbocycles. The molecule has 3 aromatic rings. The van der Waals surface area contributed by atoms with Gasteiger partial charge in [-0.3, -0.25) is 0 Å². The highest BCUT2D eigenvalue weighted by atomic mass is 32.2. The van der Waals surface area contributed by atoms with Crippen LogP contribution in [0.4, 0.5) is 13.2 Å². The maximum absolute atomic E-state index is 12.5. The molecule has 0 aliphatic heterocycles. The Labute approximate surface area is 169 Å². The van der Waals surface area contributed by atoms with E-state index < -0.39 is 28.1 Å². The van der Waals surface area contributed by atoms with Crippen LogP contribution in [0, 0.1) is 6.92 Å². The van der Waals surface area contributed by atoms with E-state index in [1.165, 1.54) is 37.3 Å². The van der Waals surface area contributed by atoms with Gasteiger partial charge in [0.2, 0.25) is 15.8 Å². The molecule has 160 valence electrons. The molecule has 0 amide bonds. The van der Waals surface area contributed by atoms with Crippen LogP contribution in [-0.4, -0.2) is 32.4 Å². The second-order valence-electron chi connectivity index (χ2n) is 6.36. The van der Waals surface area contributed by atoms with Crippen molar-refractivity contribution in [3.05, 3.63) is 59.4 Å². The molecular formula is C19H16F3NO6S. The van der Waals surface area contributed by atoms with Crippen molar-refractivity contribution in [2.45, 2.75) is 24.6 Å². The summed E-state index contributed by atoms with van der Waals surface area (Å²) in [5.41, 5.74) is 0.994. The van der Waals surface area contributed by atoms with Gasteiger partial charge in [0.05, 0.1) is 4.90 Å². The average molecular weight is 443 g/mol. The van der Waals surface area contributed by atoms with E-state index in [1.54, 1.807) is 6.07 Å². The molecule has 3 rings (SSSR count). The molecule has 0 aliphatic carbocycles. The lowest BCUT2D eigenvalue weighted by Crippen LogP contribution is -2.26. The van der Waals surface area contributed by atoms with Crippen molar-refractivity contribution in [2.75, 3.05) is 6.54 Å². The quantitative estimate of drug-likeness (QED) is 0.575. The smallest absolute Gasteiger partial charge is 0.475 e. The number of carboxylic acids is 1. The number of aromatic carboxylic acids is 1. The zero-order valence-corrected chi connectivity index (χ0v) is 16.3. The number of ether oxygens (including phenoxy) is 1. The third kappa shape index (κ3) is 4.92. The number of nitrogens with one attached hydrogen (secondary N) is 1. The van der Waals surface area contributed by atoms with Gasteiger partial charge in [-0.1, -0.05) is 12.1 Å². The van der Waals surface area contributed by atoms with E-state index in [-0.39, 0.29) is 29.2 Å². The Morgan fingerprint density at radius 1 is 1.20 bits per heavy atom. The molecule has 0 atom stereocenters. The normalized spacial score (nSPS) is 12.3. The first-order chi connectivity index (χ1) is 14.0. The van der Waals surface area contributed by atoms with E-state index in [9.17, 15) is 26.4 Å². The van der Waals surface area contributed by atoms with Gasteiger partial charge in [-0.15, -0.1) is 13.2 Å². The number of hydrogen-bond acceptors (Lipinski definition) is 5. The van der Waals surface area contributed by atoms with Crippen molar-refractivity contribution >= 4 is 27.0 Å². The Bertz CT molecular complexity index is 1200. The Hall–Kier alpha value is -3.05. The first-order valence-corrected chi connectivity index (χ1v) is 10.1. The molecule has 2 N–H and O–H groups in total. The van der Waals surface area contributed by atoms with Gasteiger partial charge in [-0.05, 0) is 49.2 Å². The highest BCUT2D eigenvalue weighted by Gasteiger charge is 2.31. The molecule has 0 bridgehead atoms. The van der Waals surface area contributed by atoms with Gasteiger partial charge in [-0.25, -0.2) is 17.9 Å². The third-order valence-corrected chi connectivity index (χ3v) is 5.71. The average Bonchev–Trinajstić information content (AvgIpc) is 2.97. The van der Waals surface area contributed by atoms with Gasteiger partial charge in [0.1, 0.15) is 11.3 Å². The van der Waals surface area contributed by atoms with Crippen LogP contribution in [0.3, 0.4) is 0 Å². The molecule has 2 aromatic carbocycles. The van der Waals surface area contributed by atoms with Crippen LogP contribution in [0.25, 0.3) is 11.0 Å². The molecule has 0 saturated heterocycles. The number of halogens is 3. The number of hydrogen-bond donors (Lipinski definition) is 2. The maximum atomic E-state index is 12.5. The number of carbonyl (C=O) groups is 1. The molecule has 1 aromatic heterocycles. The molecule has 0 fully saturated rings. The number of fused-ring (bicyclic) bond motifs is 1. The van der Waals surface area contributed by atoms with Gasteiger partial charge in [-0.2, -0.15) is 0 Å². The number of furan rings is 1. The van der Waals surface area contributed by atoms with Gasteiger partial charge in [0, 0.05) is 17.5 Å². The zero-order chi connectivity index (χ0) is 22.1. The SMILES string of the molecule is Cc1c(C(=O)O)oc2ccc(S(=O)(=O)NCCc3cccc(OC(F)(F)F)c3)cc12. The summed E-state index contributed by atoms with van der Waals surface area (Å²) in [7, 11) is -3.94. The fourth-order valence-corrected chi connectivity index (χ4v) is 3.94. The van der Waals surface area contributed by atoms with Crippen molar-refractivity contribution in [3.63, 3.8) is 0 Å². The van der Waals surface area contributed by atoms with E-state index >= 15 is 0 Å². The summed E-state index contributed by atoms with van der Waals surface area (Å²) in [4.78, 5) is 11.1. The first kappa shape index (κ1) is 21.7. The lowest BCUT2D eigenvalue weighted by Gasteiger charge is -2.10. The van der Waals surface area contributed by atoms with Crippen LogP contribution >= 0.6 is 0 Å². The fraction of sp³-hybridized carbons (Fsp3) is 0.211. The molecule has 0 aliphatic rings. The number of carboxylic acid groups (broad SMARTS) is 1. The molecule has 11 heteroatoms. The van der Waals surface area contributed by atoms with E-state index in [4.69, 9.17) is 9.52 Å². The number of aryl methyl sites for hydroxylation is 1. The Balaban J connectivity index is 1.72. The van der Waals surface area contributed by atoms with Gasteiger partial charge >= 0.3 is 12.3 Å². The summed E-state index contributed by atoms with van der Waals surface area (Å²) < 4.78 is 73.4. The van der Waals surface area contributed by atoms with Crippen molar-refractivity contribution in [2.24, 2.45) is 0 Å². The van der Waals surface area contributed by atoms with Gasteiger partial charge in [0.25, 0.3) is 0 Å². The monoisotopic (exact) mass is 443 g/mol. The topological polar surface area (TPSA) is 106 Å². The first-order valence-electron chi connectivity index (χ1n) is 8.57. The number of sulfonamides is 1. The van der Waals surface area contributed by atoms with Crippen molar-refractivity contribution in [1.82, 2.24) is 4.72 Å². The summed E-state index contributed by atoms with van der Waals surface area (Å²) in [6, 6.07) is 9.19. The van der Waals surface area contributed by atoms with E-state index in [0.717, 1.165) is 6.07 Å². The number of alkyl halides is 3. The van der Waals surface area contributed by atoms with Crippen molar-refractivity contribution < 1.29 is 40.6 Å². The molecule has 1 heterocycles. The summed E-state index contributed by atoms with van der Waals surface area (Å²) in [6.45, 7) is 1.44. The summed E-state index contributed by atoms with van der Waals surface area (Å²) in [5.74, 6) is -1.92. The van der Waals surface area contributed by atoms with Crippen LogP contribution in [0.15, 0.2) is 51.8 Å². The summed E-state index contributed by atoms with van der Waals surface area (Å²) in [6.07, 6.45) is -4.69. The fourth-order valence-electron chi connectivity index (χ4n) is 2.88. The largest absolute Gasteiger partial charge is 0.573 e. The molecule has 0 radical (unpaired) electrons. The van der Waals surface area contributed by atoms with E-state index in [1.807, 2.05) is 0 Å². The predicted molar refractivity (Wildman–Crippen MR) is 99.9 cm³/mol. The maximum Gasteiger partial charge on any atom is 0.573 e. The van der Waals surface area contributed by atoms with Crippen molar-refractivity contribution in [1.29, 1.82) is 0 Å². The van der Waals surface area contributed by atoms with Crippen LogP contribution in [0.1, 0.15) is 21.7 Å². The van der Waals surface area contributed by atoms with Crippen LogP contribution < -0.4 is 9.46 Å². The molecule has 0 unspecified atom stereocenters. The zero-order valence-electron chi connectivity index (χ0n) is 15.5. The molecule has 7 nitrogen and oxygen atoms in total. The minimum absolute atomic E-state index is 0.0689. The lowest BCUT2D eigenvalue weighted by molar-refractivity contribution is -0.274. The van der Waals surface area contributed by atoms with E-state index in [2.05, 4.69) is 9.46 Å². The Morgan fingerprint density at radius 2 is 1.93 bits per heavy atom. The Morgan fingerprint density at radius 3 is 2.60 bits per heavy atom. The van der Waals surface area contributed by atoms with Crippen molar-refractivity contribution in [3.8, 4) is 5.75 Å². The second kappa shape index (κ2) is 8.00.